The summed E-state index contributed by atoms with van der Waals surface area (Å²) in [6.07, 6.45) is 2.52. The van der Waals surface area contributed by atoms with E-state index in [1.807, 2.05) is 11.8 Å². The van der Waals surface area contributed by atoms with Crippen LogP contribution in [0, 0.1) is 5.41 Å². The Morgan fingerprint density at radius 2 is 1.62 bits per heavy atom. The van der Waals surface area contributed by atoms with Crippen molar-refractivity contribution in [1.82, 2.24) is 5.32 Å². The molecule has 0 aliphatic rings. The van der Waals surface area contributed by atoms with Crippen LogP contribution in [-0.4, -0.2) is 12.3 Å². The van der Waals surface area contributed by atoms with Crippen LogP contribution in [0.25, 0.3) is 0 Å². The Kier molecular flexibility index (Phi) is 7.39. The number of nitrogens with one attached hydrogen (secondary N) is 1. The summed E-state index contributed by atoms with van der Waals surface area (Å²) in [5.74, 6) is 1.19. The third kappa shape index (κ3) is 5.99. The first-order valence-corrected chi connectivity index (χ1v) is 10.00. The van der Waals surface area contributed by atoms with E-state index in [1.54, 1.807) is 0 Å². The molecule has 1 nitrogen and oxygen atoms in total. The predicted octanol–water partition coefficient (Wildman–Crippen LogP) is 6.30. The summed E-state index contributed by atoms with van der Waals surface area (Å²) >= 11 is 1.99. The molecule has 1 unspecified atom stereocenters. The van der Waals surface area contributed by atoms with Crippen LogP contribution >= 0.6 is 11.8 Å². The van der Waals surface area contributed by atoms with Gasteiger partial charge in [0, 0.05) is 11.4 Å². The van der Waals surface area contributed by atoms with E-state index in [0.29, 0.717) is 0 Å². The van der Waals surface area contributed by atoms with Gasteiger partial charge in [0.05, 0.1) is 6.04 Å². The van der Waals surface area contributed by atoms with E-state index < -0.39 is 0 Å². The molecule has 0 saturated heterocycles. The largest absolute Gasteiger partial charge is 0.306 e. The van der Waals surface area contributed by atoms with Gasteiger partial charge in [-0.1, -0.05) is 82.6 Å². The Balaban J connectivity index is 2.29. The van der Waals surface area contributed by atoms with Gasteiger partial charge in [0.1, 0.15) is 0 Å². The molecule has 24 heavy (non-hydrogen) atoms. The minimum Gasteiger partial charge on any atom is -0.306 e. The zero-order chi connectivity index (χ0) is 17.4. The van der Waals surface area contributed by atoms with Crippen LogP contribution in [0.4, 0.5) is 0 Å². The number of benzene rings is 2. The van der Waals surface area contributed by atoms with Crippen LogP contribution in [0.2, 0.25) is 0 Å². The van der Waals surface area contributed by atoms with Gasteiger partial charge in [-0.2, -0.15) is 0 Å². The zero-order valence-electron chi connectivity index (χ0n) is 15.5. The molecule has 0 aliphatic heterocycles. The van der Waals surface area contributed by atoms with Crippen molar-refractivity contribution in [3.8, 4) is 0 Å². The molecule has 0 fully saturated rings. The standard InChI is InChI=1S/C22H31NS/c1-5-6-16-24-20-15-11-10-14-19(20)21(23-17-22(2,3)4)18-12-8-7-9-13-18/h7-15,21,23H,5-6,16-17H2,1-4H3. The maximum Gasteiger partial charge on any atom is 0.0587 e. The molecule has 0 radical (unpaired) electrons. The molecular weight excluding hydrogens is 310 g/mol. The summed E-state index contributed by atoms with van der Waals surface area (Å²) in [7, 11) is 0. The summed E-state index contributed by atoms with van der Waals surface area (Å²) in [5.41, 5.74) is 3.00. The van der Waals surface area contributed by atoms with Crippen molar-refractivity contribution >= 4 is 11.8 Å². The lowest BCUT2D eigenvalue weighted by Crippen LogP contribution is -2.31. The summed E-state index contributed by atoms with van der Waals surface area (Å²) < 4.78 is 0. The number of rotatable bonds is 8. The fraction of sp³-hybridized carbons (Fsp3) is 0.455. The molecule has 2 aromatic rings. The summed E-state index contributed by atoms with van der Waals surface area (Å²) in [5, 5.41) is 3.81. The fourth-order valence-electron chi connectivity index (χ4n) is 2.64. The SMILES string of the molecule is CCCCSc1ccccc1C(NCC(C)(C)C)c1ccccc1. The Hall–Kier alpha value is -1.25. The molecule has 1 N–H and O–H groups in total. The van der Waals surface area contributed by atoms with Crippen LogP contribution in [0.1, 0.15) is 57.7 Å². The second kappa shape index (κ2) is 9.29. The fourth-order valence-corrected chi connectivity index (χ4v) is 3.82. The first-order chi connectivity index (χ1) is 11.5. The van der Waals surface area contributed by atoms with Crippen molar-refractivity contribution in [2.24, 2.45) is 5.41 Å². The maximum absolute atomic E-state index is 3.81. The van der Waals surface area contributed by atoms with Crippen LogP contribution < -0.4 is 5.32 Å². The predicted molar refractivity (Wildman–Crippen MR) is 108 cm³/mol. The van der Waals surface area contributed by atoms with Crippen molar-refractivity contribution in [1.29, 1.82) is 0 Å². The molecule has 0 bridgehead atoms. The van der Waals surface area contributed by atoms with E-state index in [-0.39, 0.29) is 11.5 Å². The number of thioether (sulfide) groups is 1. The minimum absolute atomic E-state index is 0.246. The van der Waals surface area contributed by atoms with E-state index >= 15 is 0 Å². The van der Waals surface area contributed by atoms with Crippen LogP contribution in [0.5, 0.6) is 0 Å². The maximum atomic E-state index is 3.81. The van der Waals surface area contributed by atoms with Crippen molar-refractivity contribution < 1.29 is 0 Å². The zero-order valence-corrected chi connectivity index (χ0v) is 16.3. The molecule has 0 aromatic heterocycles. The smallest absolute Gasteiger partial charge is 0.0587 e. The third-order valence-electron chi connectivity index (χ3n) is 3.95. The van der Waals surface area contributed by atoms with Crippen molar-refractivity contribution in [3.05, 3.63) is 65.7 Å². The van der Waals surface area contributed by atoms with Gasteiger partial charge in [-0.3, -0.25) is 0 Å². The van der Waals surface area contributed by atoms with E-state index in [4.69, 9.17) is 0 Å². The third-order valence-corrected chi connectivity index (χ3v) is 5.13. The first kappa shape index (κ1) is 19.1. The average molecular weight is 342 g/mol. The molecule has 2 rings (SSSR count). The van der Waals surface area contributed by atoms with Crippen molar-refractivity contribution in [2.75, 3.05) is 12.3 Å². The van der Waals surface area contributed by atoms with E-state index in [0.717, 1.165) is 6.54 Å². The second-order valence-electron chi connectivity index (χ2n) is 7.53. The van der Waals surface area contributed by atoms with Crippen LogP contribution in [0.15, 0.2) is 59.5 Å². The Morgan fingerprint density at radius 1 is 0.958 bits per heavy atom. The normalized spacial score (nSPS) is 13.0. The highest BCUT2D eigenvalue weighted by molar-refractivity contribution is 7.99. The Morgan fingerprint density at radius 3 is 2.29 bits per heavy atom. The lowest BCUT2D eigenvalue weighted by atomic mass is 9.93. The molecule has 1 atom stereocenters. The molecule has 0 spiro atoms. The van der Waals surface area contributed by atoms with Gasteiger partial charge >= 0.3 is 0 Å². The lowest BCUT2D eigenvalue weighted by Gasteiger charge is -2.27. The quantitative estimate of drug-likeness (QED) is 0.446. The molecule has 0 saturated carbocycles. The summed E-state index contributed by atoms with van der Waals surface area (Å²) in [6.45, 7) is 10.1. The van der Waals surface area contributed by atoms with E-state index in [2.05, 4.69) is 87.6 Å². The molecule has 0 amide bonds. The highest BCUT2D eigenvalue weighted by atomic mass is 32.2. The molecule has 2 aromatic carbocycles. The Labute approximate surface area is 152 Å². The Bertz CT molecular complexity index is 601. The van der Waals surface area contributed by atoms with Gasteiger partial charge in [0.15, 0.2) is 0 Å². The highest BCUT2D eigenvalue weighted by Gasteiger charge is 2.20. The minimum atomic E-state index is 0.246. The monoisotopic (exact) mass is 341 g/mol. The van der Waals surface area contributed by atoms with Gasteiger partial charge in [0.2, 0.25) is 0 Å². The van der Waals surface area contributed by atoms with Crippen molar-refractivity contribution in [2.45, 2.75) is 51.5 Å². The van der Waals surface area contributed by atoms with Gasteiger partial charge in [-0.05, 0) is 34.8 Å². The van der Waals surface area contributed by atoms with Gasteiger partial charge in [-0.15, -0.1) is 11.8 Å². The van der Waals surface area contributed by atoms with E-state index in [9.17, 15) is 0 Å². The second-order valence-corrected chi connectivity index (χ2v) is 8.66. The summed E-state index contributed by atoms with van der Waals surface area (Å²) in [4.78, 5) is 1.40. The van der Waals surface area contributed by atoms with Crippen molar-refractivity contribution in [3.63, 3.8) is 0 Å². The number of hydrogen-bond acceptors (Lipinski definition) is 2. The molecule has 0 aliphatic carbocycles. The van der Waals surface area contributed by atoms with Crippen LogP contribution in [-0.2, 0) is 0 Å². The topological polar surface area (TPSA) is 12.0 Å². The first-order valence-electron chi connectivity index (χ1n) is 9.01. The lowest BCUT2D eigenvalue weighted by molar-refractivity contribution is 0.364. The molecule has 130 valence electrons. The van der Waals surface area contributed by atoms with E-state index in [1.165, 1.54) is 34.6 Å². The van der Waals surface area contributed by atoms with Crippen LogP contribution in [0.3, 0.4) is 0 Å². The van der Waals surface area contributed by atoms with Gasteiger partial charge in [0.25, 0.3) is 0 Å². The summed E-state index contributed by atoms with van der Waals surface area (Å²) in [6, 6.07) is 19.9. The molecule has 0 heterocycles. The highest BCUT2D eigenvalue weighted by Crippen LogP contribution is 2.32. The molecular formula is C22H31NS. The number of unbranched alkanes of at least 4 members (excludes halogenated alkanes) is 1. The average Bonchev–Trinajstić information content (AvgIpc) is 2.56. The molecule has 2 heteroatoms. The van der Waals surface area contributed by atoms with Gasteiger partial charge < -0.3 is 5.32 Å². The van der Waals surface area contributed by atoms with Gasteiger partial charge in [-0.25, -0.2) is 0 Å². The number of hydrogen-bond donors (Lipinski definition) is 1.